The second-order valence-corrected chi connectivity index (χ2v) is 6.24. The van der Waals surface area contributed by atoms with Crippen molar-refractivity contribution in [2.75, 3.05) is 0 Å². The summed E-state index contributed by atoms with van der Waals surface area (Å²) in [5, 5.41) is 0.226. The maximum absolute atomic E-state index is 10.7. The highest BCUT2D eigenvalue weighted by atomic mass is 32.2. The van der Waals surface area contributed by atoms with Crippen LogP contribution in [-0.2, 0) is 16.5 Å². The van der Waals surface area contributed by atoms with E-state index in [1.54, 1.807) is 24.3 Å². The average molecular weight is 314 g/mol. The van der Waals surface area contributed by atoms with Gasteiger partial charge < -0.3 is 4.42 Å². The number of fused-ring (bicyclic) bond motifs is 2. The molecule has 1 N–H and O–H groups in total. The second-order valence-electron chi connectivity index (χ2n) is 4.88. The van der Waals surface area contributed by atoms with Crippen molar-refractivity contribution in [1.82, 2.24) is 0 Å². The van der Waals surface area contributed by atoms with Gasteiger partial charge in [-0.25, -0.2) is 0 Å². The van der Waals surface area contributed by atoms with Gasteiger partial charge in [-0.15, -0.1) is 0 Å². The Morgan fingerprint density at radius 1 is 1.00 bits per heavy atom. The number of allylic oxidation sites excluding steroid dienone is 1. The molecule has 0 saturated heterocycles. The third-order valence-corrected chi connectivity index (χ3v) is 4.06. The van der Waals surface area contributed by atoms with Gasteiger partial charge in [0.25, 0.3) is 0 Å². The minimum absolute atomic E-state index is 0.422. The predicted molar refractivity (Wildman–Crippen MR) is 85.2 cm³/mol. The van der Waals surface area contributed by atoms with E-state index in [9.17, 15) is 8.42 Å². The summed E-state index contributed by atoms with van der Waals surface area (Å²) in [5.74, 6) is 0. The van der Waals surface area contributed by atoms with E-state index in [0.29, 0.717) is 11.0 Å². The lowest BCUT2D eigenvalue weighted by atomic mass is 10.1. The van der Waals surface area contributed by atoms with E-state index in [1.165, 1.54) is 17.2 Å². The molecule has 4 rings (SSSR count). The third-order valence-electron chi connectivity index (χ3n) is 3.35. The molecule has 0 amide bonds. The van der Waals surface area contributed by atoms with Crippen LogP contribution < -0.4 is 0 Å². The lowest BCUT2D eigenvalue weighted by Crippen LogP contribution is -1.94. The average Bonchev–Trinajstić information content (AvgIpc) is 3.14. The normalized spacial score (nSPS) is 12.8. The van der Waals surface area contributed by atoms with Crippen LogP contribution in [0.5, 0.6) is 0 Å². The molecule has 1 aromatic heterocycles. The summed E-state index contributed by atoms with van der Waals surface area (Å²) >= 11 is 0. The molecular formula is C17H14O4S. The highest BCUT2D eigenvalue weighted by Gasteiger charge is 2.15. The molecule has 0 bridgehead atoms. The summed E-state index contributed by atoms with van der Waals surface area (Å²) in [6.45, 7) is 0. The lowest BCUT2D eigenvalue weighted by Gasteiger charge is -1.93. The summed E-state index contributed by atoms with van der Waals surface area (Å²) in [4.78, 5) is 0. The van der Waals surface area contributed by atoms with Gasteiger partial charge in [0.1, 0.15) is 5.58 Å². The molecular weight excluding hydrogens is 300 g/mol. The molecule has 1 heterocycles. The molecule has 112 valence electrons. The zero-order chi connectivity index (χ0) is 15.6. The van der Waals surface area contributed by atoms with E-state index in [4.69, 9.17) is 8.97 Å². The molecule has 0 atom stereocenters. The molecule has 0 spiro atoms. The predicted octanol–water partition coefficient (Wildman–Crippen LogP) is 3.94. The van der Waals surface area contributed by atoms with Crippen LogP contribution in [0.4, 0.5) is 0 Å². The summed E-state index contributed by atoms with van der Waals surface area (Å²) in [6.07, 6.45) is 5.50. The van der Waals surface area contributed by atoms with Crippen molar-refractivity contribution in [3.8, 4) is 0 Å². The molecule has 0 fully saturated rings. The van der Waals surface area contributed by atoms with Crippen LogP contribution in [-0.4, -0.2) is 13.0 Å². The van der Waals surface area contributed by atoms with Crippen LogP contribution in [0.25, 0.3) is 17.0 Å². The smallest absolute Gasteiger partial charge is 0.328 e. The van der Waals surface area contributed by atoms with Crippen molar-refractivity contribution >= 4 is 27.2 Å². The number of furan rings is 1. The SMILES string of the molecule is C1=Cc2ccccc2C1.O=S(=O)(O)c1cc2ccccc2o1. The Balaban J connectivity index is 0.000000139. The first kappa shape index (κ1) is 14.6. The zero-order valence-corrected chi connectivity index (χ0v) is 12.5. The second kappa shape index (κ2) is 5.79. The van der Waals surface area contributed by atoms with Gasteiger partial charge in [0, 0.05) is 11.5 Å². The van der Waals surface area contributed by atoms with Gasteiger partial charge >= 0.3 is 10.1 Å². The fourth-order valence-electron chi connectivity index (χ4n) is 2.28. The molecule has 2 aromatic carbocycles. The Hall–Kier alpha value is -2.37. The first-order valence-electron chi connectivity index (χ1n) is 6.74. The number of benzene rings is 2. The quantitative estimate of drug-likeness (QED) is 0.691. The van der Waals surface area contributed by atoms with Crippen molar-refractivity contribution in [3.63, 3.8) is 0 Å². The van der Waals surface area contributed by atoms with E-state index in [2.05, 4.69) is 36.4 Å². The number of rotatable bonds is 1. The van der Waals surface area contributed by atoms with Gasteiger partial charge in [0.15, 0.2) is 0 Å². The molecule has 1 aliphatic carbocycles. The maximum Gasteiger partial charge on any atom is 0.328 e. The third kappa shape index (κ3) is 3.10. The van der Waals surface area contributed by atoms with Crippen molar-refractivity contribution in [3.05, 3.63) is 71.8 Å². The molecule has 1 aliphatic rings. The Morgan fingerprint density at radius 2 is 1.73 bits per heavy atom. The van der Waals surface area contributed by atoms with E-state index in [1.807, 2.05) is 0 Å². The van der Waals surface area contributed by atoms with E-state index in [-0.39, 0.29) is 0 Å². The van der Waals surface area contributed by atoms with Crippen molar-refractivity contribution < 1.29 is 17.4 Å². The van der Waals surface area contributed by atoms with Gasteiger partial charge in [0.2, 0.25) is 5.09 Å². The highest BCUT2D eigenvalue weighted by molar-refractivity contribution is 7.85. The fourth-order valence-corrected chi connectivity index (χ4v) is 2.75. The summed E-state index contributed by atoms with van der Waals surface area (Å²) in [6, 6.07) is 16.6. The first-order chi connectivity index (χ1) is 10.5. The summed E-state index contributed by atoms with van der Waals surface area (Å²) in [7, 11) is -4.23. The first-order valence-corrected chi connectivity index (χ1v) is 8.18. The van der Waals surface area contributed by atoms with Gasteiger partial charge in [0.05, 0.1) is 0 Å². The van der Waals surface area contributed by atoms with Crippen LogP contribution in [0.3, 0.4) is 0 Å². The topological polar surface area (TPSA) is 67.5 Å². The Bertz CT molecular complexity index is 903. The minimum atomic E-state index is -4.23. The van der Waals surface area contributed by atoms with Crippen molar-refractivity contribution in [1.29, 1.82) is 0 Å². The van der Waals surface area contributed by atoms with E-state index >= 15 is 0 Å². The van der Waals surface area contributed by atoms with Crippen LogP contribution in [0.2, 0.25) is 0 Å². The Labute approximate surface area is 128 Å². The van der Waals surface area contributed by atoms with Gasteiger partial charge in [-0.05, 0) is 23.6 Å². The Morgan fingerprint density at radius 3 is 2.45 bits per heavy atom. The molecule has 22 heavy (non-hydrogen) atoms. The van der Waals surface area contributed by atoms with Gasteiger partial charge in [-0.2, -0.15) is 8.42 Å². The molecule has 0 aliphatic heterocycles. The number of para-hydroxylation sites is 1. The van der Waals surface area contributed by atoms with Crippen LogP contribution in [0, 0.1) is 0 Å². The largest absolute Gasteiger partial charge is 0.442 e. The van der Waals surface area contributed by atoms with Crippen molar-refractivity contribution in [2.24, 2.45) is 0 Å². The molecule has 0 radical (unpaired) electrons. The van der Waals surface area contributed by atoms with Gasteiger partial charge in [-0.1, -0.05) is 54.6 Å². The minimum Gasteiger partial charge on any atom is -0.442 e. The van der Waals surface area contributed by atoms with Crippen LogP contribution in [0.1, 0.15) is 11.1 Å². The molecule has 5 heteroatoms. The van der Waals surface area contributed by atoms with Crippen molar-refractivity contribution in [2.45, 2.75) is 11.5 Å². The molecule has 0 unspecified atom stereocenters. The fraction of sp³-hybridized carbons (Fsp3) is 0.0588. The summed E-state index contributed by atoms with van der Waals surface area (Å²) < 4.78 is 34.9. The summed E-state index contributed by atoms with van der Waals surface area (Å²) in [5.41, 5.74) is 3.28. The number of hydrogen-bond acceptors (Lipinski definition) is 3. The number of hydrogen-bond donors (Lipinski definition) is 1. The maximum atomic E-state index is 10.7. The molecule has 3 aromatic rings. The molecule has 0 saturated carbocycles. The van der Waals surface area contributed by atoms with Crippen LogP contribution in [0.15, 0.2) is 70.2 Å². The standard InChI is InChI=1S/C9H8.C8H6O4S/c1-2-5-9-7-3-6-8(9)4-1;9-13(10,11)8-5-6-3-1-2-4-7(6)12-8/h1-6H,7H2;1-5H,(H,9,10,11). The monoisotopic (exact) mass is 314 g/mol. The molecule has 4 nitrogen and oxygen atoms in total. The van der Waals surface area contributed by atoms with E-state index < -0.39 is 15.2 Å². The Kier molecular flexibility index (Phi) is 3.83. The van der Waals surface area contributed by atoms with Crippen LogP contribution >= 0.6 is 0 Å². The zero-order valence-electron chi connectivity index (χ0n) is 11.6. The van der Waals surface area contributed by atoms with E-state index in [0.717, 1.165) is 6.42 Å². The van der Waals surface area contributed by atoms with Gasteiger partial charge in [-0.3, -0.25) is 4.55 Å². The lowest BCUT2D eigenvalue weighted by molar-refractivity contribution is 0.424. The highest BCUT2D eigenvalue weighted by Crippen LogP contribution is 2.21.